The van der Waals surface area contributed by atoms with Crippen LogP contribution in [0.3, 0.4) is 0 Å². The smallest absolute Gasteiger partial charge is 0.116 e. The Morgan fingerprint density at radius 1 is 0.875 bits per heavy atom. The van der Waals surface area contributed by atoms with Gasteiger partial charge in [-0.2, -0.15) is 0 Å². The molecule has 1 aliphatic rings. The number of aromatic hydroxyl groups is 1. The second kappa shape index (κ2) is 5.53. The average Bonchev–Trinajstić information content (AvgIpc) is 2.90. The van der Waals surface area contributed by atoms with E-state index < -0.39 is 5.54 Å². The maximum atomic E-state index is 9.94. The lowest BCUT2D eigenvalue weighted by Gasteiger charge is -2.27. The van der Waals surface area contributed by atoms with Crippen LogP contribution < -0.4 is 5.32 Å². The minimum absolute atomic E-state index is 0.244. The van der Waals surface area contributed by atoms with Crippen LogP contribution in [0.15, 0.2) is 83.9 Å². The van der Waals surface area contributed by atoms with Gasteiger partial charge in [-0.3, -0.25) is 0 Å². The fourth-order valence-electron chi connectivity index (χ4n) is 3.22. The number of para-hydroxylation sites is 1. The molecule has 0 bridgehead atoms. The highest BCUT2D eigenvalue weighted by Crippen LogP contribution is 2.41. The summed E-state index contributed by atoms with van der Waals surface area (Å²) in [6.07, 6.45) is 0. The molecule has 0 spiro atoms. The number of nitrogens with zero attached hydrogens (tertiary/aromatic N) is 1. The molecule has 3 aromatic carbocycles. The molecule has 3 aromatic rings. The zero-order valence-electron chi connectivity index (χ0n) is 13.4. The van der Waals surface area contributed by atoms with Crippen molar-refractivity contribution in [2.24, 2.45) is 4.99 Å². The van der Waals surface area contributed by atoms with E-state index in [1.807, 2.05) is 54.6 Å². The molecule has 0 saturated heterocycles. The monoisotopic (exact) mass is 314 g/mol. The van der Waals surface area contributed by atoms with E-state index in [2.05, 4.69) is 24.4 Å². The van der Waals surface area contributed by atoms with Gasteiger partial charge in [-0.25, -0.2) is 4.99 Å². The molecule has 118 valence electrons. The number of fused-ring (bicyclic) bond motifs is 1. The number of rotatable bonds is 2. The summed E-state index contributed by atoms with van der Waals surface area (Å²) in [5, 5.41) is 13.5. The predicted octanol–water partition coefficient (Wildman–Crippen LogP) is 4.85. The molecule has 0 fully saturated rings. The van der Waals surface area contributed by atoms with Crippen molar-refractivity contribution < 1.29 is 5.11 Å². The Morgan fingerprint density at radius 2 is 1.54 bits per heavy atom. The van der Waals surface area contributed by atoms with Crippen LogP contribution in [-0.4, -0.2) is 10.8 Å². The average molecular weight is 314 g/mol. The zero-order chi connectivity index (χ0) is 16.6. The van der Waals surface area contributed by atoms with Crippen molar-refractivity contribution in [2.45, 2.75) is 12.5 Å². The number of phenolic OH excluding ortho intramolecular Hbond substituents is 1. The normalized spacial score (nSPS) is 20.6. The van der Waals surface area contributed by atoms with Crippen molar-refractivity contribution in [3.8, 4) is 5.75 Å². The summed E-state index contributed by atoms with van der Waals surface area (Å²) < 4.78 is 0. The standard InChI is InChI=1S/C21H18N2O/c1-21(15-8-4-2-5-9-15)20(22-16-10-6-3-7-11-16)18-14-17(24)12-13-19(18)23-21/h2-14,23-24H,1H3. The van der Waals surface area contributed by atoms with E-state index in [9.17, 15) is 5.11 Å². The summed E-state index contributed by atoms with van der Waals surface area (Å²) in [4.78, 5) is 4.91. The summed E-state index contributed by atoms with van der Waals surface area (Å²) in [6.45, 7) is 2.13. The van der Waals surface area contributed by atoms with Crippen LogP contribution in [0.2, 0.25) is 0 Å². The molecular formula is C21H18N2O. The quantitative estimate of drug-likeness (QED) is 0.664. The third kappa shape index (κ3) is 2.35. The minimum atomic E-state index is -0.451. The van der Waals surface area contributed by atoms with Crippen LogP contribution >= 0.6 is 0 Å². The van der Waals surface area contributed by atoms with E-state index in [-0.39, 0.29) is 5.75 Å². The Kier molecular flexibility index (Phi) is 3.35. The Hall–Kier alpha value is -3.07. The Labute approximate surface area is 141 Å². The van der Waals surface area contributed by atoms with Crippen molar-refractivity contribution in [3.05, 3.63) is 90.0 Å². The Morgan fingerprint density at radius 3 is 2.25 bits per heavy atom. The van der Waals surface area contributed by atoms with Gasteiger partial charge in [0, 0.05) is 11.3 Å². The highest BCUT2D eigenvalue weighted by atomic mass is 16.3. The summed E-state index contributed by atoms with van der Waals surface area (Å²) in [5.74, 6) is 0.244. The van der Waals surface area contributed by atoms with Crippen molar-refractivity contribution in [3.63, 3.8) is 0 Å². The number of anilines is 1. The first-order chi connectivity index (χ1) is 11.7. The van der Waals surface area contributed by atoms with Crippen LogP contribution in [0.25, 0.3) is 0 Å². The highest BCUT2D eigenvalue weighted by Gasteiger charge is 2.40. The van der Waals surface area contributed by atoms with E-state index in [1.54, 1.807) is 12.1 Å². The van der Waals surface area contributed by atoms with Gasteiger partial charge in [-0.1, -0.05) is 48.5 Å². The molecule has 1 unspecified atom stereocenters. The number of benzene rings is 3. The van der Waals surface area contributed by atoms with Crippen LogP contribution in [0.4, 0.5) is 11.4 Å². The van der Waals surface area contributed by atoms with Crippen molar-refractivity contribution in [2.75, 3.05) is 5.32 Å². The highest BCUT2D eigenvalue weighted by molar-refractivity contribution is 6.17. The lowest BCUT2D eigenvalue weighted by atomic mass is 9.87. The molecule has 0 aliphatic carbocycles. The van der Waals surface area contributed by atoms with Gasteiger partial charge in [-0.05, 0) is 42.8 Å². The third-order valence-corrected chi connectivity index (χ3v) is 4.46. The summed E-state index contributed by atoms with van der Waals surface area (Å²) in [6, 6.07) is 25.5. The third-order valence-electron chi connectivity index (χ3n) is 4.46. The van der Waals surface area contributed by atoms with Gasteiger partial charge in [0.25, 0.3) is 0 Å². The first kappa shape index (κ1) is 14.5. The molecular weight excluding hydrogens is 296 g/mol. The van der Waals surface area contributed by atoms with Gasteiger partial charge in [0.05, 0.1) is 11.4 Å². The minimum Gasteiger partial charge on any atom is -0.508 e. The van der Waals surface area contributed by atoms with Crippen LogP contribution in [0.5, 0.6) is 5.75 Å². The molecule has 2 N–H and O–H groups in total. The van der Waals surface area contributed by atoms with Gasteiger partial charge < -0.3 is 10.4 Å². The summed E-state index contributed by atoms with van der Waals surface area (Å²) in [5.41, 5.74) is 4.40. The maximum Gasteiger partial charge on any atom is 0.116 e. The number of hydrogen-bond donors (Lipinski definition) is 2. The first-order valence-electron chi connectivity index (χ1n) is 7.98. The van der Waals surface area contributed by atoms with E-state index >= 15 is 0 Å². The van der Waals surface area contributed by atoms with E-state index in [0.717, 1.165) is 28.2 Å². The number of nitrogens with one attached hydrogen (secondary N) is 1. The van der Waals surface area contributed by atoms with Crippen molar-refractivity contribution >= 4 is 17.1 Å². The van der Waals surface area contributed by atoms with Gasteiger partial charge in [-0.15, -0.1) is 0 Å². The van der Waals surface area contributed by atoms with E-state index in [0.29, 0.717) is 0 Å². The Balaban J connectivity index is 1.93. The van der Waals surface area contributed by atoms with Crippen molar-refractivity contribution in [1.29, 1.82) is 0 Å². The topological polar surface area (TPSA) is 44.6 Å². The molecule has 0 saturated carbocycles. The lowest BCUT2D eigenvalue weighted by Crippen LogP contribution is -2.35. The van der Waals surface area contributed by atoms with Crippen LogP contribution in [0, 0.1) is 0 Å². The number of hydrogen-bond acceptors (Lipinski definition) is 3. The van der Waals surface area contributed by atoms with E-state index in [4.69, 9.17) is 4.99 Å². The summed E-state index contributed by atoms with van der Waals surface area (Å²) >= 11 is 0. The van der Waals surface area contributed by atoms with E-state index in [1.165, 1.54) is 0 Å². The molecule has 1 aliphatic heterocycles. The zero-order valence-corrected chi connectivity index (χ0v) is 13.4. The molecule has 3 nitrogen and oxygen atoms in total. The first-order valence-corrected chi connectivity index (χ1v) is 7.98. The fourth-order valence-corrected chi connectivity index (χ4v) is 3.22. The largest absolute Gasteiger partial charge is 0.508 e. The molecule has 0 radical (unpaired) electrons. The number of aliphatic imine (C=N–C) groups is 1. The lowest BCUT2D eigenvalue weighted by molar-refractivity contribution is 0.475. The van der Waals surface area contributed by atoms with Gasteiger partial charge in [0.1, 0.15) is 11.3 Å². The molecule has 24 heavy (non-hydrogen) atoms. The molecule has 1 atom stereocenters. The van der Waals surface area contributed by atoms with Crippen molar-refractivity contribution in [1.82, 2.24) is 0 Å². The van der Waals surface area contributed by atoms with Crippen LogP contribution in [0.1, 0.15) is 18.1 Å². The Bertz CT molecular complexity index is 904. The molecule has 1 heterocycles. The molecule has 0 amide bonds. The molecule has 4 rings (SSSR count). The van der Waals surface area contributed by atoms with Gasteiger partial charge in [0.2, 0.25) is 0 Å². The van der Waals surface area contributed by atoms with Crippen LogP contribution in [-0.2, 0) is 5.54 Å². The maximum absolute atomic E-state index is 9.94. The fraction of sp³-hybridized carbons (Fsp3) is 0.0952. The summed E-state index contributed by atoms with van der Waals surface area (Å²) in [7, 11) is 0. The van der Waals surface area contributed by atoms with Gasteiger partial charge in [0.15, 0.2) is 0 Å². The number of phenols is 1. The SMILES string of the molecule is CC1(c2ccccc2)Nc2ccc(O)cc2C1=Nc1ccccc1. The molecule has 0 aromatic heterocycles. The second-order valence-electron chi connectivity index (χ2n) is 6.14. The molecule has 3 heteroatoms. The second-order valence-corrected chi connectivity index (χ2v) is 6.14. The predicted molar refractivity (Wildman–Crippen MR) is 98.2 cm³/mol. The van der Waals surface area contributed by atoms with Gasteiger partial charge >= 0.3 is 0 Å².